The number of carbonyl (C=O) groups is 2. The van der Waals surface area contributed by atoms with E-state index in [0.717, 1.165) is 12.8 Å². The van der Waals surface area contributed by atoms with Crippen molar-refractivity contribution in [3.8, 4) is 0 Å². The third-order valence-corrected chi connectivity index (χ3v) is 7.30. The summed E-state index contributed by atoms with van der Waals surface area (Å²) in [5.41, 5.74) is 0.714. The SMILES string of the molecule is O=C(NC1CCN(C(=O)c2cccc(S(=O)(=O)NCC3CC3)c2)CC1)c1ccc(F)cc1. The fourth-order valence-corrected chi connectivity index (χ4v) is 4.87. The molecular weight excluding hydrogens is 433 g/mol. The Morgan fingerprint density at radius 1 is 0.969 bits per heavy atom. The summed E-state index contributed by atoms with van der Waals surface area (Å²) in [6, 6.07) is 11.4. The highest BCUT2D eigenvalue weighted by Gasteiger charge is 2.27. The van der Waals surface area contributed by atoms with E-state index < -0.39 is 15.8 Å². The van der Waals surface area contributed by atoms with Gasteiger partial charge in [0.15, 0.2) is 0 Å². The summed E-state index contributed by atoms with van der Waals surface area (Å²) in [6.45, 7) is 1.33. The lowest BCUT2D eigenvalue weighted by atomic mass is 10.0. The van der Waals surface area contributed by atoms with Gasteiger partial charge in [-0.1, -0.05) is 6.07 Å². The molecule has 4 rings (SSSR count). The second-order valence-corrected chi connectivity index (χ2v) is 10.1. The smallest absolute Gasteiger partial charge is 0.253 e. The van der Waals surface area contributed by atoms with E-state index in [2.05, 4.69) is 10.0 Å². The Morgan fingerprint density at radius 3 is 2.31 bits per heavy atom. The molecule has 32 heavy (non-hydrogen) atoms. The first-order valence-corrected chi connectivity index (χ1v) is 12.3. The van der Waals surface area contributed by atoms with Crippen molar-refractivity contribution >= 4 is 21.8 Å². The molecule has 1 saturated carbocycles. The second kappa shape index (κ2) is 9.38. The van der Waals surface area contributed by atoms with Crippen molar-refractivity contribution < 1.29 is 22.4 Å². The highest BCUT2D eigenvalue weighted by atomic mass is 32.2. The van der Waals surface area contributed by atoms with Crippen molar-refractivity contribution in [3.63, 3.8) is 0 Å². The van der Waals surface area contributed by atoms with Crippen LogP contribution in [0.25, 0.3) is 0 Å². The van der Waals surface area contributed by atoms with Gasteiger partial charge in [-0.15, -0.1) is 0 Å². The predicted octanol–water partition coefficient (Wildman–Crippen LogP) is 2.55. The lowest BCUT2D eigenvalue weighted by Gasteiger charge is -2.32. The third-order valence-electron chi connectivity index (χ3n) is 5.87. The van der Waals surface area contributed by atoms with Gasteiger partial charge in [0.25, 0.3) is 11.8 Å². The van der Waals surface area contributed by atoms with Gasteiger partial charge in [0, 0.05) is 36.8 Å². The van der Waals surface area contributed by atoms with Gasteiger partial charge in [-0.25, -0.2) is 17.5 Å². The van der Waals surface area contributed by atoms with Crippen molar-refractivity contribution in [1.82, 2.24) is 14.9 Å². The Morgan fingerprint density at radius 2 is 1.66 bits per heavy atom. The molecule has 1 aliphatic carbocycles. The first-order valence-electron chi connectivity index (χ1n) is 10.8. The Balaban J connectivity index is 1.33. The van der Waals surface area contributed by atoms with E-state index in [4.69, 9.17) is 0 Å². The quantitative estimate of drug-likeness (QED) is 0.665. The maximum atomic E-state index is 13.0. The van der Waals surface area contributed by atoms with Gasteiger partial charge in [0.05, 0.1) is 4.90 Å². The number of carbonyl (C=O) groups excluding carboxylic acids is 2. The van der Waals surface area contributed by atoms with Crippen molar-refractivity contribution in [2.24, 2.45) is 5.92 Å². The first-order chi connectivity index (χ1) is 15.3. The van der Waals surface area contributed by atoms with Crippen LogP contribution in [-0.2, 0) is 10.0 Å². The zero-order valence-electron chi connectivity index (χ0n) is 17.6. The van der Waals surface area contributed by atoms with Crippen LogP contribution in [-0.4, -0.2) is 50.8 Å². The van der Waals surface area contributed by atoms with E-state index in [1.807, 2.05) is 0 Å². The molecule has 0 spiro atoms. The number of halogens is 1. The van der Waals surface area contributed by atoms with Gasteiger partial charge in [0.1, 0.15) is 5.82 Å². The standard InChI is InChI=1S/C23H26FN3O4S/c24-19-8-6-17(7-9-19)22(28)26-20-10-12-27(13-11-20)23(29)18-2-1-3-21(14-18)32(30,31)25-15-16-4-5-16/h1-3,6-9,14,16,20,25H,4-5,10-13,15H2,(H,26,28). The summed E-state index contributed by atoms with van der Waals surface area (Å²) >= 11 is 0. The minimum absolute atomic E-state index is 0.0880. The number of nitrogens with zero attached hydrogens (tertiary/aromatic N) is 1. The van der Waals surface area contributed by atoms with Gasteiger partial charge in [-0.3, -0.25) is 9.59 Å². The average molecular weight is 460 g/mol. The lowest BCUT2D eigenvalue weighted by molar-refractivity contribution is 0.0698. The van der Waals surface area contributed by atoms with Gasteiger partial charge in [-0.05, 0) is 74.1 Å². The summed E-state index contributed by atoms with van der Waals surface area (Å²) < 4.78 is 40.6. The molecule has 2 aromatic rings. The molecule has 2 aromatic carbocycles. The molecule has 0 bridgehead atoms. The van der Waals surface area contributed by atoms with Crippen molar-refractivity contribution in [2.75, 3.05) is 19.6 Å². The molecule has 2 aliphatic rings. The molecule has 0 aromatic heterocycles. The van der Waals surface area contributed by atoms with E-state index in [9.17, 15) is 22.4 Å². The zero-order valence-corrected chi connectivity index (χ0v) is 18.4. The monoisotopic (exact) mass is 459 g/mol. The third kappa shape index (κ3) is 5.52. The Labute approximate surface area is 187 Å². The van der Waals surface area contributed by atoms with Crippen LogP contribution in [0, 0.1) is 11.7 Å². The molecule has 0 unspecified atom stereocenters. The second-order valence-electron chi connectivity index (χ2n) is 8.37. The highest BCUT2D eigenvalue weighted by molar-refractivity contribution is 7.89. The summed E-state index contributed by atoms with van der Waals surface area (Å²) in [5, 5.41) is 2.92. The summed E-state index contributed by atoms with van der Waals surface area (Å²) in [6.07, 6.45) is 3.25. The van der Waals surface area contributed by atoms with E-state index >= 15 is 0 Å². The van der Waals surface area contributed by atoms with E-state index in [0.29, 0.717) is 49.5 Å². The molecule has 0 radical (unpaired) electrons. The van der Waals surface area contributed by atoms with Crippen molar-refractivity contribution in [1.29, 1.82) is 0 Å². The Hall–Kier alpha value is -2.78. The molecule has 0 atom stereocenters. The highest BCUT2D eigenvalue weighted by Crippen LogP contribution is 2.28. The van der Waals surface area contributed by atoms with E-state index in [-0.39, 0.29) is 22.8 Å². The Bertz CT molecular complexity index is 1090. The number of nitrogens with one attached hydrogen (secondary N) is 2. The number of hydrogen-bond donors (Lipinski definition) is 2. The number of benzene rings is 2. The van der Waals surface area contributed by atoms with Crippen LogP contribution in [0.15, 0.2) is 53.4 Å². The fraction of sp³-hybridized carbons (Fsp3) is 0.391. The maximum absolute atomic E-state index is 13.0. The van der Waals surface area contributed by atoms with Crippen LogP contribution < -0.4 is 10.0 Å². The molecule has 2 amide bonds. The predicted molar refractivity (Wildman–Crippen MR) is 117 cm³/mol. The van der Waals surface area contributed by atoms with Crippen molar-refractivity contribution in [2.45, 2.75) is 36.6 Å². The molecule has 2 fully saturated rings. The number of piperidine rings is 1. The summed E-state index contributed by atoms with van der Waals surface area (Å²) in [7, 11) is -3.65. The first kappa shape index (κ1) is 22.4. The van der Waals surface area contributed by atoms with E-state index in [1.165, 1.54) is 36.4 Å². The topological polar surface area (TPSA) is 95.6 Å². The molecule has 1 saturated heterocycles. The van der Waals surface area contributed by atoms with Crippen LogP contribution in [0.4, 0.5) is 4.39 Å². The molecule has 9 heteroatoms. The normalized spacial score (nSPS) is 17.2. The summed E-state index contributed by atoms with van der Waals surface area (Å²) in [4.78, 5) is 27.0. The number of rotatable bonds is 7. The molecule has 7 nitrogen and oxygen atoms in total. The largest absolute Gasteiger partial charge is 0.349 e. The van der Waals surface area contributed by atoms with Gasteiger partial charge in [0.2, 0.25) is 10.0 Å². The van der Waals surface area contributed by atoms with Crippen LogP contribution in [0.5, 0.6) is 0 Å². The van der Waals surface area contributed by atoms with Crippen LogP contribution in [0.3, 0.4) is 0 Å². The van der Waals surface area contributed by atoms with Crippen LogP contribution >= 0.6 is 0 Å². The number of hydrogen-bond acceptors (Lipinski definition) is 4. The number of sulfonamides is 1. The van der Waals surface area contributed by atoms with Gasteiger partial charge >= 0.3 is 0 Å². The van der Waals surface area contributed by atoms with E-state index in [1.54, 1.807) is 17.0 Å². The van der Waals surface area contributed by atoms with Crippen LogP contribution in [0.2, 0.25) is 0 Å². The molecular formula is C23H26FN3O4S. The minimum atomic E-state index is -3.65. The lowest BCUT2D eigenvalue weighted by Crippen LogP contribution is -2.46. The maximum Gasteiger partial charge on any atom is 0.253 e. The average Bonchev–Trinajstić information content (AvgIpc) is 3.63. The molecule has 2 N–H and O–H groups in total. The van der Waals surface area contributed by atoms with Crippen LogP contribution in [0.1, 0.15) is 46.4 Å². The van der Waals surface area contributed by atoms with Gasteiger partial charge in [-0.2, -0.15) is 0 Å². The van der Waals surface area contributed by atoms with Gasteiger partial charge < -0.3 is 10.2 Å². The summed E-state index contributed by atoms with van der Waals surface area (Å²) in [5.74, 6) is -0.484. The van der Waals surface area contributed by atoms with Crippen molar-refractivity contribution in [3.05, 3.63) is 65.5 Å². The molecule has 1 aliphatic heterocycles. The zero-order chi connectivity index (χ0) is 22.7. The number of likely N-dealkylation sites (tertiary alicyclic amines) is 1. The fourth-order valence-electron chi connectivity index (χ4n) is 3.71. The minimum Gasteiger partial charge on any atom is -0.349 e. The molecule has 1 heterocycles. The number of amides is 2. The molecule has 170 valence electrons. The Kier molecular flexibility index (Phi) is 6.57.